The molecule has 0 bridgehead atoms. The Bertz CT molecular complexity index is 404. The molecule has 0 aliphatic carbocycles. The van der Waals surface area contributed by atoms with E-state index in [9.17, 15) is 17.6 Å². The first-order chi connectivity index (χ1) is 7.53. The highest BCUT2D eigenvalue weighted by Crippen LogP contribution is 2.36. The van der Waals surface area contributed by atoms with E-state index < -0.39 is 29.0 Å². The molecule has 0 amide bonds. The van der Waals surface area contributed by atoms with Gasteiger partial charge in [-0.1, -0.05) is 20.8 Å². The number of hydrogen-bond donors (Lipinski definition) is 1. The third kappa shape index (κ3) is 3.19. The summed E-state index contributed by atoms with van der Waals surface area (Å²) in [5, 5.41) is 0. The van der Waals surface area contributed by atoms with Crippen LogP contribution in [-0.2, 0) is 6.18 Å². The molecule has 1 rings (SSSR count). The Labute approximate surface area is 97.6 Å². The number of benzene rings is 1. The molecule has 1 nitrogen and oxygen atoms in total. The first-order valence-corrected chi connectivity index (χ1v) is 5.15. The number of nitrogens with two attached hydrogens (primary N) is 1. The zero-order chi connectivity index (χ0) is 13.4. The molecule has 5 heteroatoms. The van der Waals surface area contributed by atoms with Crippen LogP contribution in [-0.4, -0.2) is 0 Å². The molecule has 17 heavy (non-hydrogen) atoms. The van der Waals surface area contributed by atoms with Crippen molar-refractivity contribution in [1.29, 1.82) is 0 Å². The summed E-state index contributed by atoms with van der Waals surface area (Å²) in [6.07, 6.45) is -4.49. The summed E-state index contributed by atoms with van der Waals surface area (Å²) in [7, 11) is 0. The van der Waals surface area contributed by atoms with E-state index >= 15 is 0 Å². The molecule has 0 saturated heterocycles. The second-order valence-electron chi connectivity index (χ2n) is 5.08. The fraction of sp³-hybridized carbons (Fsp3) is 0.500. The maximum absolute atomic E-state index is 13.5. The van der Waals surface area contributed by atoms with Crippen LogP contribution in [0.5, 0.6) is 0 Å². The minimum Gasteiger partial charge on any atom is -0.323 e. The van der Waals surface area contributed by atoms with Crippen molar-refractivity contribution in [3.05, 3.63) is 35.1 Å². The Morgan fingerprint density at radius 2 is 1.65 bits per heavy atom. The number of halogens is 4. The van der Waals surface area contributed by atoms with Crippen LogP contribution in [0.2, 0.25) is 0 Å². The molecule has 0 heterocycles. The molecule has 1 aromatic carbocycles. The third-order valence-electron chi connectivity index (χ3n) is 2.59. The average Bonchev–Trinajstić information content (AvgIpc) is 2.14. The smallest absolute Gasteiger partial charge is 0.323 e. The van der Waals surface area contributed by atoms with Gasteiger partial charge in [-0.05, 0) is 23.6 Å². The second-order valence-corrected chi connectivity index (χ2v) is 5.08. The van der Waals surface area contributed by atoms with E-state index in [0.29, 0.717) is 6.07 Å². The Kier molecular flexibility index (Phi) is 3.52. The van der Waals surface area contributed by atoms with Crippen molar-refractivity contribution in [2.24, 2.45) is 11.1 Å². The lowest BCUT2D eigenvalue weighted by atomic mass is 9.82. The van der Waals surface area contributed by atoms with E-state index in [1.54, 1.807) is 20.8 Å². The molecule has 96 valence electrons. The van der Waals surface area contributed by atoms with Crippen LogP contribution in [0.25, 0.3) is 0 Å². The van der Waals surface area contributed by atoms with Crippen molar-refractivity contribution < 1.29 is 17.6 Å². The van der Waals surface area contributed by atoms with E-state index in [1.807, 2.05) is 0 Å². The van der Waals surface area contributed by atoms with Gasteiger partial charge in [0.05, 0.1) is 5.56 Å². The predicted molar refractivity (Wildman–Crippen MR) is 57.8 cm³/mol. The molecule has 0 saturated carbocycles. The number of hydrogen-bond acceptors (Lipinski definition) is 1. The summed E-state index contributed by atoms with van der Waals surface area (Å²) in [5.41, 5.74) is 4.28. The molecule has 0 aliphatic rings. The van der Waals surface area contributed by atoms with Gasteiger partial charge in [0, 0.05) is 11.6 Å². The minimum atomic E-state index is -4.49. The first kappa shape index (κ1) is 14.0. The summed E-state index contributed by atoms with van der Waals surface area (Å²) in [4.78, 5) is 0. The summed E-state index contributed by atoms with van der Waals surface area (Å²) in [6.45, 7) is 5.24. The van der Waals surface area contributed by atoms with Gasteiger partial charge < -0.3 is 5.73 Å². The Morgan fingerprint density at radius 1 is 1.12 bits per heavy atom. The molecule has 2 N–H and O–H groups in total. The van der Waals surface area contributed by atoms with Crippen molar-refractivity contribution in [2.75, 3.05) is 0 Å². The fourth-order valence-electron chi connectivity index (χ4n) is 1.42. The minimum absolute atomic E-state index is 0.104. The van der Waals surface area contributed by atoms with Crippen LogP contribution in [0.1, 0.15) is 37.9 Å². The highest BCUT2D eigenvalue weighted by Gasteiger charge is 2.33. The first-order valence-electron chi connectivity index (χ1n) is 5.15. The van der Waals surface area contributed by atoms with Crippen LogP contribution < -0.4 is 5.73 Å². The molecular formula is C12H15F4N. The molecule has 0 aliphatic heterocycles. The average molecular weight is 249 g/mol. The van der Waals surface area contributed by atoms with E-state index in [2.05, 4.69) is 0 Å². The lowest BCUT2D eigenvalue weighted by Gasteiger charge is -2.28. The van der Waals surface area contributed by atoms with E-state index in [-0.39, 0.29) is 5.56 Å². The lowest BCUT2D eigenvalue weighted by molar-refractivity contribution is -0.137. The third-order valence-corrected chi connectivity index (χ3v) is 2.59. The van der Waals surface area contributed by atoms with Gasteiger partial charge in [-0.2, -0.15) is 13.2 Å². The normalized spacial score (nSPS) is 14.8. The van der Waals surface area contributed by atoms with E-state index in [4.69, 9.17) is 5.73 Å². The summed E-state index contributed by atoms with van der Waals surface area (Å²) in [6, 6.07) is 1.52. The number of rotatable bonds is 1. The zero-order valence-corrected chi connectivity index (χ0v) is 9.90. The Hall–Kier alpha value is -1.10. The highest BCUT2D eigenvalue weighted by atomic mass is 19.4. The van der Waals surface area contributed by atoms with Crippen molar-refractivity contribution in [3.63, 3.8) is 0 Å². The van der Waals surface area contributed by atoms with E-state index in [1.165, 1.54) is 0 Å². The van der Waals surface area contributed by atoms with Crippen LogP contribution in [0.4, 0.5) is 17.6 Å². The predicted octanol–water partition coefficient (Wildman–Crippen LogP) is 3.89. The van der Waals surface area contributed by atoms with Crippen LogP contribution in [0, 0.1) is 11.2 Å². The van der Waals surface area contributed by atoms with E-state index in [0.717, 1.165) is 12.1 Å². The SMILES string of the molecule is CC(C)(C)[C@@H](N)c1cc(C(F)(F)F)ccc1F. The van der Waals surface area contributed by atoms with Gasteiger partial charge in [0.2, 0.25) is 0 Å². The standard InChI is InChI=1S/C12H15F4N/c1-11(2,3)10(17)8-6-7(12(14,15)16)4-5-9(8)13/h4-6,10H,17H2,1-3H3/t10-/m0/s1. The van der Waals surface area contributed by atoms with Gasteiger partial charge in [0.25, 0.3) is 0 Å². The quantitative estimate of drug-likeness (QED) is 0.751. The maximum atomic E-state index is 13.5. The summed E-state index contributed by atoms with van der Waals surface area (Å²) in [5.74, 6) is -0.708. The van der Waals surface area contributed by atoms with Crippen molar-refractivity contribution in [2.45, 2.75) is 33.0 Å². The monoisotopic (exact) mass is 249 g/mol. The molecular weight excluding hydrogens is 234 g/mol. The number of alkyl halides is 3. The van der Waals surface area contributed by atoms with Gasteiger partial charge in [0.1, 0.15) is 5.82 Å². The van der Waals surface area contributed by atoms with Gasteiger partial charge in [-0.15, -0.1) is 0 Å². The van der Waals surface area contributed by atoms with Gasteiger partial charge in [-0.3, -0.25) is 0 Å². The molecule has 1 atom stereocenters. The molecule has 0 aromatic heterocycles. The summed E-state index contributed by atoms with van der Waals surface area (Å²) < 4.78 is 51.0. The topological polar surface area (TPSA) is 26.0 Å². The van der Waals surface area contributed by atoms with Crippen molar-refractivity contribution in [3.8, 4) is 0 Å². The molecule has 0 radical (unpaired) electrons. The lowest BCUT2D eigenvalue weighted by Crippen LogP contribution is -2.27. The molecule has 0 unspecified atom stereocenters. The largest absolute Gasteiger partial charge is 0.416 e. The van der Waals surface area contributed by atoms with Crippen molar-refractivity contribution >= 4 is 0 Å². The van der Waals surface area contributed by atoms with Gasteiger partial charge >= 0.3 is 6.18 Å². The van der Waals surface area contributed by atoms with Crippen LogP contribution in [0.15, 0.2) is 18.2 Å². The fourth-order valence-corrected chi connectivity index (χ4v) is 1.42. The van der Waals surface area contributed by atoms with Crippen molar-refractivity contribution in [1.82, 2.24) is 0 Å². The van der Waals surface area contributed by atoms with Crippen LogP contribution in [0.3, 0.4) is 0 Å². The zero-order valence-electron chi connectivity index (χ0n) is 9.90. The maximum Gasteiger partial charge on any atom is 0.416 e. The molecule has 1 aromatic rings. The van der Waals surface area contributed by atoms with Crippen LogP contribution >= 0.6 is 0 Å². The highest BCUT2D eigenvalue weighted by molar-refractivity contribution is 5.30. The molecule has 0 fully saturated rings. The summed E-state index contributed by atoms with van der Waals surface area (Å²) >= 11 is 0. The van der Waals surface area contributed by atoms with Gasteiger partial charge in [0.15, 0.2) is 0 Å². The second kappa shape index (κ2) is 4.29. The molecule has 0 spiro atoms. The Balaban J connectivity index is 3.25. The Morgan fingerprint density at radius 3 is 2.06 bits per heavy atom. The van der Waals surface area contributed by atoms with Gasteiger partial charge in [-0.25, -0.2) is 4.39 Å².